The molecule has 1 aromatic heterocycles. The Balaban J connectivity index is 0.00000110. The molecule has 0 saturated carbocycles. The van der Waals surface area contributed by atoms with Crippen LogP contribution in [-0.2, 0) is 0 Å². The van der Waals surface area contributed by atoms with Crippen molar-refractivity contribution >= 4 is 47.8 Å². The molecule has 116 valence electrons. The van der Waals surface area contributed by atoms with Crippen molar-refractivity contribution in [1.82, 2.24) is 9.88 Å². The van der Waals surface area contributed by atoms with E-state index in [1.807, 2.05) is 0 Å². The number of rotatable bonds is 2. The van der Waals surface area contributed by atoms with E-state index in [9.17, 15) is 4.79 Å². The number of amides is 1. The Bertz CT molecular complexity index is 624. The zero-order valence-corrected chi connectivity index (χ0v) is 13.2. The maximum absolute atomic E-state index is 11.4. The van der Waals surface area contributed by atoms with Gasteiger partial charge in [0.25, 0.3) is 11.9 Å². The Hall–Kier alpha value is -1.50. The second-order valence-electron chi connectivity index (χ2n) is 4.80. The standard InChI is InChI=1S/C13H16N4O2.2ClH/c1-16-5-7-17(8-6-16)13-15-11-9(12(14)18)3-2-4-10(11)19-13;;/h2-4H,5-8H2,1H3,(H2,14,18);2*1H. The molecular weight excluding hydrogens is 315 g/mol. The molecule has 0 radical (unpaired) electrons. The fourth-order valence-corrected chi connectivity index (χ4v) is 2.27. The number of nitrogens with two attached hydrogens (primary N) is 1. The maximum Gasteiger partial charge on any atom is 0.298 e. The zero-order valence-electron chi connectivity index (χ0n) is 11.6. The van der Waals surface area contributed by atoms with Gasteiger partial charge in [0, 0.05) is 26.2 Å². The molecule has 0 bridgehead atoms. The Kier molecular flexibility index (Phi) is 5.83. The number of nitrogens with zero attached hydrogens (tertiary/aromatic N) is 3. The molecule has 0 spiro atoms. The molecule has 2 N–H and O–H groups in total. The number of likely N-dealkylation sites (N-methyl/N-ethyl adjacent to an activating group) is 1. The molecule has 2 heterocycles. The zero-order chi connectivity index (χ0) is 13.4. The van der Waals surface area contributed by atoms with Crippen LogP contribution in [0.4, 0.5) is 6.01 Å². The van der Waals surface area contributed by atoms with E-state index in [0.717, 1.165) is 26.2 Å². The van der Waals surface area contributed by atoms with Crippen LogP contribution in [0.25, 0.3) is 11.1 Å². The van der Waals surface area contributed by atoms with Crippen molar-refractivity contribution in [2.75, 3.05) is 38.1 Å². The summed E-state index contributed by atoms with van der Waals surface area (Å²) in [5, 5.41) is 0. The number of oxazole rings is 1. The normalized spacial score (nSPS) is 15.4. The van der Waals surface area contributed by atoms with E-state index < -0.39 is 5.91 Å². The minimum atomic E-state index is -0.483. The lowest BCUT2D eigenvalue weighted by Gasteiger charge is -2.31. The third kappa shape index (κ3) is 3.40. The van der Waals surface area contributed by atoms with Crippen molar-refractivity contribution in [2.24, 2.45) is 5.73 Å². The molecule has 0 unspecified atom stereocenters. The van der Waals surface area contributed by atoms with E-state index in [1.54, 1.807) is 18.2 Å². The molecule has 6 nitrogen and oxygen atoms in total. The number of para-hydroxylation sites is 1. The minimum Gasteiger partial charge on any atom is -0.423 e. The Labute approximate surface area is 135 Å². The topological polar surface area (TPSA) is 75.6 Å². The molecule has 1 amide bonds. The lowest BCUT2D eigenvalue weighted by atomic mass is 10.2. The molecule has 0 atom stereocenters. The predicted octanol–water partition coefficient (Wildman–Crippen LogP) is 1.52. The number of carbonyl (C=O) groups excluding carboxylic acids is 1. The number of halogens is 2. The van der Waals surface area contributed by atoms with Gasteiger partial charge < -0.3 is 20.0 Å². The van der Waals surface area contributed by atoms with Gasteiger partial charge in [0.1, 0.15) is 5.52 Å². The van der Waals surface area contributed by atoms with Crippen molar-refractivity contribution in [3.63, 3.8) is 0 Å². The smallest absolute Gasteiger partial charge is 0.298 e. The van der Waals surface area contributed by atoms with E-state index in [0.29, 0.717) is 22.7 Å². The highest BCUT2D eigenvalue weighted by molar-refractivity contribution is 6.03. The molecule has 1 aromatic carbocycles. The number of carbonyl (C=O) groups is 1. The third-order valence-electron chi connectivity index (χ3n) is 3.45. The van der Waals surface area contributed by atoms with Gasteiger partial charge in [0.2, 0.25) is 0 Å². The average Bonchev–Trinajstić information content (AvgIpc) is 2.82. The number of benzene rings is 1. The van der Waals surface area contributed by atoms with Gasteiger partial charge in [-0.2, -0.15) is 4.98 Å². The summed E-state index contributed by atoms with van der Waals surface area (Å²) in [7, 11) is 2.09. The number of primary amides is 1. The van der Waals surface area contributed by atoms with Crippen molar-refractivity contribution in [1.29, 1.82) is 0 Å². The van der Waals surface area contributed by atoms with Crippen molar-refractivity contribution < 1.29 is 9.21 Å². The number of anilines is 1. The summed E-state index contributed by atoms with van der Waals surface area (Å²) in [6.45, 7) is 3.69. The first kappa shape index (κ1) is 17.6. The minimum absolute atomic E-state index is 0. The molecule has 8 heteroatoms. The van der Waals surface area contributed by atoms with Crippen molar-refractivity contribution in [3.05, 3.63) is 23.8 Å². The number of piperazine rings is 1. The molecule has 1 saturated heterocycles. The second kappa shape index (κ2) is 6.98. The molecule has 21 heavy (non-hydrogen) atoms. The van der Waals surface area contributed by atoms with Crippen LogP contribution in [0.1, 0.15) is 10.4 Å². The van der Waals surface area contributed by atoms with Crippen molar-refractivity contribution in [2.45, 2.75) is 0 Å². The monoisotopic (exact) mass is 332 g/mol. The Morgan fingerprint density at radius 3 is 2.52 bits per heavy atom. The van der Waals surface area contributed by atoms with Crippen LogP contribution < -0.4 is 10.6 Å². The number of hydrogen-bond donors (Lipinski definition) is 1. The summed E-state index contributed by atoms with van der Waals surface area (Å²) in [5.41, 5.74) is 6.90. The molecule has 1 fully saturated rings. The fourth-order valence-electron chi connectivity index (χ4n) is 2.27. The largest absolute Gasteiger partial charge is 0.423 e. The van der Waals surface area contributed by atoms with Gasteiger partial charge in [-0.15, -0.1) is 24.8 Å². The molecular formula is C13H18Cl2N4O2. The molecule has 2 aromatic rings. The van der Waals surface area contributed by atoms with Crippen LogP contribution >= 0.6 is 24.8 Å². The van der Waals surface area contributed by atoms with Gasteiger partial charge in [-0.25, -0.2) is 0 Å². The fraction of sp³-hybridized carbons (Fsp3) is 0.385. The summed E-state index contributed by atoms with van der Waals surface area (Å²) in [5.74, 6) is -0.483. The maximum atomic E-state index is 11.4. The summed E-state index contributed by atoms with van der Waals surface area (Å²) in [6.07, 6.45) is 0. The van der Waals surface area contributed by atoms with Gasteiger partial charge in [0.05, 0.1) is 5.56 Å². The SMILES string of the molecule is CN1CCN(c2nc3c(C(N)=O)cccc3o2)CC1.Cl.Cl. The van der Waals surface area contributed by atoms with Gasteiger partial charge >= 0.3 is 0 Å². The second-order valence-corrected chi connectivity index (χ2v) is 4.80. The van der Waals surface area contributed by atoms with Crippen LogP contribution in [0.2, 0.25) is 0 Å². The lowest BCUT2D eigenvalue weighted by Crippen LogP contribution is -2.44. The van der Waals surface area contributed by atoms with Crippen LogP contribution in [0.15, 0.2) is 22.6 Å². The Morgan fingerprint density at radius 1 is 1.24 bits per heavy atom. The quantitative estimate of drug-likeness (QED) is 0.902. The van der Waals surface area contributed by atoms with Gasteiger partial charge in [0.15, 0.2) is 5.58 Å². The van der Waals surface area contributed by atoms with Crippen LogP contribution in [0.3, 0.4) is 0 Å². The highest BCUT2D eigenvalue weighted by Gasteiger charge is 2.20. The molecule has 0 aliphatic carbocycles. The number of hydrogen-bond acceptors (Lipinski definition) is 5. The lowest BCUT2D eigenvalue weighted by molar-refractivity contribution is 0.100. The van der Waals surface area contributed by atoms with E-state index in [1.165, 1.54) is 0 Å². The molecule has 3 rings (SSSR count). The first-order chi connectivity index (χ1) is 9.15. The van der Waals surface area contributed by atoms with Crippen LogP contribution in [0.5, 0.6) is 0 Å². The van der Waals surface area contributed by atoms with Crippen LogP contribution in [-0.4, -0.2) is 49.0 Å². The highest BCUT2D eigenvalue weighted by atomic mass is 35.5. The highest BCUT2D eigenvalue weighted by Crippen LogP contribution is 2.25. The molecule has 1 aliphatic heterocycles. The van der Waals surface area contributed by atoms with Gasteiger partial charge in [-0.1, -0.05) is 6.07 Å². The average molecular weight is 333 g/mol. The number of aromatic nitrogens is 1. The van der Waals surface area contributed by atoms with E-state index in [2.05, 4.69) is 21.8 Å². The first-order valence-corrected chi connectivity index (χ1v) is 6.28. The van der Waals surface area contributed by atoms with Crippen LogP contribution in [0, 0.1) is 0 Å². The first-order valence-electron chi connectivity index (χ1n) is 6.28. The Morgan fingerprint density at radius 2 is 1.90 bits per heavy atom. The van der Waals surface area contributed by atoms with E-state index in [-0.39, 0.29) is 24.8 Å². The van der Waals surface area contributed by atoms with Gasteiger partial charge in [-0.3, -0.25) is 4.79 Å². The summed E-state index contributed by atoms with van der Waals surface area (Å²) in [6, 6.07) is 5.79. The van der Waals surface area contributed by atoms with Crippen molar-refractivity contribution in [3.8, 4) is 0 Å². The summed E-state index contributed by atoms with van der Waals surface area (Å²) in [4.78, 5) is 20.1. The predicted molar refractivity (Wildman–Crippen MR) is 86.7 cm³/mol. The third-order valence-corrected chi connectivity index (χ3v) is 3.45. The van der Waals surface area contributed by atoms with E-state index in [4.69, 9.17) is 10.2 Å². The van der Waals surface area contributed by atoms with Gasteiger partial charge in [-0.05, 0) is 19.2 Å². The number of fused-ring (bicyclic) bond motifs is 1. The molecule has 1 aliphatic rings. The summed E-state index contributed by atoms with van der Waals surface area (Å²) < 4.78 is 5.72. The van der Waals surface area contributed by atoms with E-state index >= 15 is 0 Å². The summed E-state index contributed by atoms with van der Waals surface area (Å²) >= 11 is 0.